The molecule has 2 atom stereocenters. The lowest BCUT2D eigenvalue weighted by atomic mass is 9.79. The van der Waals surface area contributed by atoms with Crippen molar-refractivity contribution in [3.63, 3.8) is 0 Å². The maximum atomic E-state index is 13.1. The fourth-order valence-corrected chi connectivity index (χ4v) is 7.47. The van der Waals surface area contributed by atoms with Crippen molar-refractivity contribution in [2.24, 2.45) is 0 Å². The van der Waals surface area contributed by atoms with Crippen LogP contribution in [-0.2, 0) is 21.4 Å². The highest BCUT2D eigenvalue weighted by Crippen LogP contribution is 2.42. The molecule has 3 aliphatic heterocycles. The van der Waals surface area contributed by atoms with Gasteiger partial charge in [-0.25, -0.2) is 0 Å². The Morgan fingerprint density at radius 3 is 2.47 bits per heavy atom. The average molecular weight is 629 g/mol. The summed E-state index contributed by atoms with van der Waals surface area (Å²) in [5.74, 6) is -0.883. The van der Waals surface area contributed by atoms with Crippen LogP contribution in [0.15, 0.2) is 42.6 Å². The first-order valence-corrected chi connectivity index (χ1v) is 15.6. The standard InChI is InChI=1S/C32H39F3N6O4/c1-38-15-16-39(20-29(38)43)24-5-6-27(36-18-24)31(45)11-7-23(8-12-31)40-13-9-26-25(40)10-14-41(26)28(42)19-37-30(44)21-3-2-4-22(17-21)32(33,34)35/h2-6,17-18,23,25-26,45H,7-16,19-20H2,1H3,(H,37,44)/t23?,25-,26-,31?/m0/s1. The van der Waals surface area contributed by atoms with Crippen LogP contribution in [0.1, 0.15) is 60.1 Å². The summed E-state index contributed by atoms with van der Waals surface area (Å²) in [6.07, 6.45) is 1.58. The van der Waals surface area contributed by atoms with E-state index in [1.807, 2.05) is 17.0 Å². The Balaban J connectivity index is 1.000. The molecule has 0 bridgehead atoms. The topological polar surface area (TPSA) is 109 Å². The van der Waals surface area contributed by atoms with Gasteiger partial charge in [-0.15, -0.1) is 0 Å². The monoisotopic (exact) mass is 628 g/mol. The van der Waals surface area contributed by atoms with Crippen LogP contribution in [0.5, 0.6) is 0 Å². The number of halogens is 3. The van der Waals surface area contributed by atoms with Crippen molar-refractivity contribution >= 4 is 23.4 Å². The van der Waals surface area contributed by atoms with Crippen molar-refractivity contribution in [3.8, 4) is 0 Å². The fourth-order valence-electron chi connectivity index (χ4n) is 7.47. The average Bonchev–Trinajstić information content (AvgIpc) is 3.64. The van der Waals surface area contributed by atoms with Crippen LogP contribution in [0.3, 0.4) is 0 Å². The zero-order chi connectivity index (χ0) is 31.9. The number of nitrogens with zero attached hydrogens (tertiary/aromatic N) is 5. The summed E-state index contributed by atoms with van der Waals surface area (Å²) in [6.45, 7) is 2.86. The Hall–Kier alpha value is -3.71. The van der Waals surface area contributed by atoms with E-state index in [0.29, 0.717) is 38.2 Å². The minimum Gasteiger partial charge on any atom is -0.384 e. The molecule has 2 N–H and O–H groups in total. The van der Waals surface area contributed by atoms with Gasteiger partial charge in [-0.3, -0.25) is 24.3 Å². The highest BCUT2D eigenvalue weighted by Gasteiger charge is 2.48. The number of amides is 3. The van der Waals surface area contributed by atoms with Crippen molar-refractivity contribution in [1.82, 2.24) is 25.0 Å². The second-order valence-electron chi connectivity index (χ2n) is 12.7. The van der Waals surface area contributed by atoms with Crippen LogP contribution in [0.4, 0.5) is 18.9 Å². The number of carbonyl (C=O) groups is 3. The van der Waals surface area contributed by atoms with Crippen LogP contribution in [0.2, 0.25) is 0 Å². The molecule has 0 unspecified atom stereocenters. The smallest absolute Gasteiger partial charge is 0.384 e. The molecule has 4 fully saturated rings. The number of fused-ring (bicyclic) bond motifs is 1. The molecule has 4 aliphatic rings. The molecule has 6 rings (SSSR count). The first-order chi connectivity index (χ1) is 21.4. The molecule has 3 amide bonds. The molecule has 1 aromatic heterocycles. The fraction of sp³-hybridized carbons (Fsp3) is 0.562. The third-order valence-electron chi connectivity index (χ3n) is 10.1. The Kier molecular flexibility index (Phi) is 8.51. The molecule has 4 heterocycles. The van der Waals surface area contributed by atoms with E-state index in [2.05, 4.69) is 15.2 Å². The van der Waals surface area contributed by atoms with Crippen molar-refractivity contribution in [2.45, 2.75) is 68.4 Å². The SMILES string of the molecule is CN1CCN(c2ccc(C3(O)CCC(N4CC[C@H]5[C@@H]4CCN5C(=O)CNC(=O)c4cccc(C(F)(F)F)c4)CC3)nc2)CC1=O. The summed E-state index contributed by atoms with van der Waals surface area (Å²) in [5, 5.41) is 14.0. The third kappa shape index (κ3) is 6.37. The van der Waals surface area contributed by atoms with Crippen molar-refractivity contribution in [1.29, 1.82) is 0 Å². The zero-order valence-corrected chi connectivity index (χ0v) is 25.3. The molecule has 1 aromatic carbocycles. The molecule has 10 nitrogen and oxygen atoms in total. The molecule has 242 valence electrons. The lowest BCUT2D eigenvalue weighted by molar-refractivity contribution is -0.137. The van der Waals surface area contributed by atoms with E-state index in [4.69, 9.17) is 0 Å². The lowest BCUT2D eigenvalue weighted by Crippen LogP contribution is -2.48. The number of nitrogens with one attached hydrogen (secondary N) is 1. The Labute approximate surface area is 260 Å². The van der Waals surface area contributed by atoms with Gasteiger partial charge in [0.25, 0.3) is 5.91 Å². The Morgan fingerprint density at radius 1 is 1.02 bits per heavy atom. The summed E-state index contributed by atoms with van der Waals surface area (Å²) in [4.78, 5) is 50.3. The van der Waals surface area contributed by atoms with E-state index in [9.17, 15) is 32.7 Å². The third-order valence-corrected chi connectivity index (χ3v) is 10.1. The van der Waals surface area contributed by atoms with Gasteiger partial charge in [0.2, 0.25) is 11.8 Å². The van der Waals surface area contributed by atoms with Crippen molar-refractivity contribution < 1.29 is 32.7 Å². The number of hydrogen-bond acceptors (Lipinski definition) is 7. The van der Waals surface area contributed by atoms with E-state index in [1.165, 1.54) is 12.1 Å². The van der Waals surface area contributed by atoms with E-state index in [0.717, 1.165) is 56.6 Å². The number of likely N-dealkylation sites (N-methyl/N-ethyl adjacent to an activating group) is 1. The number of anilines is 1. The first kappa shape index (κ1) is 31.3. The van der Waals surface area contributed by atoms with Gasteiger partial charge in [-0.05, 0) is 68.9 Å². The maximum Gasteiger partial charge on any atom is 0.416 e. The van der Waals surface area contributed by atoms with Gasteiger partial charge >= 0.3 is 6.18 Å². The summed E-state index contributed by atoms with van der Waals surface area (Å²) >= 11 is 0. The normalized spacial score (nSPS) is 27.5. The summed E-state index contributed by atoms with van der Waals surface area (Å²) in [5.41, 5.74) is -0.545. The van der Waals surface area contributed by atoms with Gasteiger partial charge in [0.05, 0.1) is 36.2 Å². The number of pyridine rings is 1. The molecule has 0 radical (unpaired) electrons. The molecule has 0 spiro atoms. The van der Waals surface area contributed by atoms with Gasteiger partial charge in [0.15, 0.2) is 0 Å². The van der Waals surface area contributed by atoms with Crippen LogP contribution in [0, 0.1) is 0 Å². The summed E-state index contributed by atoms with van der Waals surface area (Å²) < 4.78 is 39.1. The van der Waals surface area contributed by atoms with Crippen molar-refractivity contribution in [2.75, 3.05) is 51.2 Å². The van der Waals surface area contributed by atoms with Gasteiger partial charge in [-0.2, -0.15) is 13.2 Å². The van der Waals surface area contributed by atoms with Gasteiger partial charge in [-0.1, -0.05) is 6.07 Å². The summed E-state index contributed by atoms with van der Waals surface area (Å²) in [7, 11) is 1.80. The number of rotatable bonds is 6. The highest BCUT2D eigenvalue weighted by atomic mass is 19.4. The Bertz CT molecular complexity index is 1430. The predicted octanol–water partition coefficient (Wildman–Crippen LogP) is 2.61. The predicted molar refractivity (Wildman–Crippen MR) is 159 cm³/mol. The van der Waals surface area contributed by atoms with E-state index in [-0.39, 0.29) is 42.0 Å². The number of aliphatic hydroxyl groups is 1. The number of carbonyl (C=O) groups excluding carboxylic acids is 3. The molecule has 13 heteroatoms. The molecular formula is C32H39F3N6O4. The number of likely N-dealkylation sites (tertiary alicyclic amines) is 2. The Morgan fingerprint density at radius 2 is 1.78 bits per heavy atom. The molecule has 2 aromatic rings. The maximum absolute atomic E-state index is 13.1. The van der Waals surface area contributed by atoms with E-state index in [1.54, 1.807) is 23.0 Å². The van der Waals surface area contributed by atoms with E-state index < -0.39 is 23.2 Å². The lowest BCUT2D eigenvalue weighted by Gasteiger charge is -2.41. The minimum atomic E-state index is -4.56. The molecule has 3 saturated heterocycles. The van der Waals surface area contributed by atoms with E-state index >= 15 is 0 Å². The number of alkyl halides is 3. The number of hydrogen-bond donors (Lipinski definition) is 2. The van der Waals surface area contributed by atoms with Crippen LogP contribution >= 0.6 is 0 Å². The molecular weight excluding hydrogens is 589 g/mol. The number of aromatic nitrogens is 1. The minimum absolute atomic E-state index is 0.0273. The summed E-state index contributed by atoms with van der Waals surface area (Å²) in [6, 6.07) is 8.48. The van der Waals surface area contributed by atoms with Gasteiger partial charge in [0, 0.05) is 56.9 Å². The zero-order valence-electron chi connectivity index (χ0n) is 25.3. The first-order valence-electron chi connectivity index (χ1n) is 15.6. The quantitative estimate of drug-likeness (QED) is 0.507. The largest absolute Gasteiger partial charge is 0.416 e. The second-order valence-corrected chi connectivity index (χ2v) is 12.7. The van der Waals surface area contributed by atoms with Gasteiger partial charge < -0.3 is 25.1 Å². The molecule has 45 heavy (non-hydrogen) atoms. The van der Waals surface area contributed by atoms with Crippen LogP contribution in [0.25, 0.3) is 0 Å². The van der Waals surface area contributed by atoms with Crippen LogP contribution < -0.4 is 10.2 Å². The van der Waals surface area contributed by atoms with Crippen molar-refractivity contribution in [3.05, 3.63) is 59.4 Å². The van der Waals surface area contributed by atoms with Crippen LogP contribution in [-0.4, -0.2) is 107 Å². The second kappa shape index (κ2) is 12.2. The number of benzene rings is 1. The highest BCUT2D eigenvalue weighted by molar-refractivity contribution is 5.96. The molecule has 1 aliphatic carbocycles. The number of piperazine rings is 1. The van der Waals surface area contributed by atoms with Gasteiger partial charge in [0.1, 0.15) is 5.60 Å². The molecule has 1 saturated carbocycles.